The molecule has 1 heterocycles. The Labute approximate surface area is 173 Å². The molecule has 6 heteroatoms. The summed E-state index contributed by atoms with van der Waals surface area (Å²) in [7, 11) is 0. The summed E-state index contributed by atoms with van der Waals surface area (Å²) < 4.78 is 5.76. The second kappa shape index (κ2) is 8.41. The van der Waals surface area contributed by atoms with E-state index in [4.69, 9.17) is 4.74 Å². The van der Waals surface area contributed by atoms with Gasteiger partial charge in [0.2, 0.25) is 11.8 Å². The average molecular weight is 404 g/mol. The molecule has 4 rings (SSSR count). The first-order valence-electron chi connectivity index (χ1n) is 9.30. The molecule has 3 aromatic carbocycles. The number of benzene rings is 3. The molecule has 29 heavy (non-hydrogen) atoms. The van der Waals surface area contributed by atoms with Crippen molar-refractivity contribution in [2.75, 3.05) is 10.6 Å². The molecule has 1 aliphatic heterocycles. The summed E-state index contributed by atoms with van der Waals surface area (Å²) >= 11 is 1.42. The Bertz CT molecular complexity index is 1020. The van der Waals surface area contributed by atoms with E-state index in [9.17, 15) is 9.59 Å². The van der Waals surface area contributed by atoms with Crippen LogP contribution in [0.1, 0.15) is 6.92 Å². The van der Waals surface area contributed by atoms with Crippen LogP contribution in [0.15, 0.2) is 83.8 Å². The number of hydrogen-bond donors (Lipinski definition) is 2. The molecule has 0 bridgehead atoms. The lowest BCUT2D eigenvalue weighted by Crippen LogP contribution is -2.39. The number of ether oxygens (including phenoxy) is 1. The van der Waals surface area contributed by atoms with Gasteiger partial charge in [-0.3, -0.25) is 9.59 Å². The van der Waals surface area contributed by atoms with Crippen molar-refractivity contribution in [2.45, 2.75) is 17.1 Å². The number of anilines is 2. The zero-order chi connectivity index (χ0) is 20.2. The lowest BCUT2D eigenvalue weighted by molar-refractivity contribution is -0.123. The molecule has 3 aromatic rings. The highest BCUT2D eigenvalue weighted by Crippen LogP contribution is 2.38. The maximum absolute atomic E-state index is 12.7. The summed E-state index contributed by atoms with van der Waals surface area (Å²) in [4.78, 5) is 26.1. The van der Waals surface area contributed by atoms with E-state index in [1.165, 1.54) is 11.8 Å². The number of fused-ring (bicyclic) bond motifs is 1. The van der Waals surface area contributed by atoms with Crippen LogP contribution >= 0.6 is 11.8 Å². The van der Waals surface area contributed by atoms with E-state index in [2.05, 4.69) is 10.6 Å². The van der Waals surface area contributed by atoms with Gasteiger partial charge in [-0.15, -0.1) is 11.8 Å². The van der Waals surface area contributed by atoms with Crippen molar-refractivity contribution in [3.05, 3.63) is 78.9 Å². The van der Waals surface area contributed by atoms with Gasteiger partial charge in [0.25, 0.3) is 0 Å². The Morgan fingerprint density at radius 3 is 2.38 bits per heavy atom. The van der Waals surface area contributed by atoms with Gasteiger partial charge in [-0.1, -0.05) is 37.3 Å². The lowest BCUT2D eigenvalue weighted by Gasteiger charge is -2.27. The van der Waals surface area contributed by atoms with Crippen molar-refractivity contribution in [3.8, 4) is 11.5 Å². The van der Waals surface area contributed by atoms with E-state index in [1.54, 1.807) is 31.2 Å². The minimum absolute atomic E-state index is 0.150. The fourth-order valence-electron chi connectivity index (χ4n) is 3.02. The number of amides is 2. The molecule has 0 fully saturated rings. The minimum Gasteiger partial charge on any atom is -0.457 e. The van der Waals surface area contributed by atoms with E-state index < -0.39 is 11.2 Å². The first kappa shape index (κ1) is 19.1. The van der Waals surface area contributed by atoms with Gasteiger partial charge in [0.15, 0.2) is 0 Å². The van der Waals surface area contributed by atoms with Crippen LogP contribution in [0.5, 0.6) is 11.5 Å². The Kier molecular flexibility index (Phi) is 5.53. The van der Waals surface area contributed by atoms with Crippen LogP contribution in [0.4, 0.5) is 11.4 Å². The van der Waals surface area contributed by atoms with Crippen molar-refractivity contribution in [2.24, 2.45) is 5.92 Å². The molecule has 1 aliphatic rings. The highest BCUT2D eigenvalue weighted by Gasteiger charge is 2.35. The number of hydrogen-bond acceptors (Lipinski definition) is 4. The number of carbonyl (C=O) groups is 2. The first-order chi connectivity index (χ1) is 14.1. The summed E-state index contributed by atoms with van der Waals surface area (Å²) in [6, 6.07) is 24.3. The number of carbonyl (C=O) groups excluding carboxylic acids is 2. The number of nitrogens with one attached hydrogen (secondary N) is 2. The van der Waals surface area contributed by atoms with Crippen LogP contribution < -0.4 is 15.4 Å². The largest absolute Gasteiger partial charge is 0.457 e. The summed E-state index contributed by atoms with van der Waals surface area (Å²) in [5.41, 5.74) is 1.45. The third-order valence-corrected chi connectivity index (χ3v) is 6.11. The first-order valence-corrected chi connectivity index (χ1v) is 10.2. The highest BCUT2D eigenvalue weighted by atomic mass is 32.2. The van der Waals surface area contributed by atoms with Crippen molar-refractivity contribution >= 4 is 35.0 Å². The Hall–Kier alpha value is -3.25. The Morgan fingerprint density at radius 1 is 0.966 bits per heavy atom. The third kappa shape index (κ3) is 4.43. The molecule has 5 nitrogen and oxygen atoms in total. The summed E-state index contributed by atoms with van der Waals surface area (Å²) in [5, 5.41) is 5.29. The van der Waals surface area contributed by atoms with E-state index in [0.717, 1.165) is 16.3 Å². The standard InChI is InChI=1S/C23H20N2O3S/c1-15(21-23(27)25-19-9-5-6-10-20(19)29-21)22(26)24-16-11-13-18(14-12-16)28-17-7-3-2-4-8-17/h2-15,21H,1H3,(H,24,26)(H,25,27). The topological polar surface area (TPSA) is 67.4 Å². The molecule has 0 aliphatic carbocycles. The SMILES string of the molecule is CC(C(=O)Nc1ccc(Oc2ccccc2)cc1)C1Sc2ccccc2NC1=O. The maximum Gasteiger partial charge on any atom is 0.238 e. The number of thioether (sulfide) groups is 1. The van der Waals surface area contributed by atoms with E-state index >= 15 is 0 Å². The van der Waals surface area contributed by atoms with Crippen LogP contribution in [0.3, 0.4) is 0 Å². The number of para-hydroxylation sites is 2. The van der Waals surface area contributed by atoms with Gasteiger partial charge in [0, 0.05) is 10.6 Å². The molecule has 0 saturated heterocycles. The van der Waals surface area contributed by atoms with Crippen molar-refractivity contribution in [3.63, 3.8) is 0 Å². The van der Waals surface area contributed by atoms with Gasteiger partial charge in [-0.25, -0.2) is 0 Å². The zero-order valence-electron chi connectivity index (χ0n) is 15.8. The summed E-state index contributed by atoms with van der Waals surface area (Å²) in [6.07, 6.45) is 0. The van der Waals surface area contributed by atoms with E-state index in [0.29, 0.717) is 11.4 Å². The molecule has 0 spiro atoms. The molecule has 0 saturated carbocycles. The minimum atomic E-state index is -0.492. The van der Waals surface area contributed by atoms with Gasteiger partial charge in [-0.2, -0.15) is 0 Å². The van der Waals surface area contributed by atoms with Gasteiger partial charge >= 0.3 is 0 Å². The van der Waals surface area contributed by atoms with Crippen LogP contribution in [0, 0.1) is 5.92 Å². The van der Waals surface area contributed by atoms with Gasteiger partial charge in [-0.05, 0) is 48.5 Å². The second-order valence-corrected chi connectivity index (χ2v) is 7.92. The summed E-state index contributed by atoms with van der Waals surface area (Å²) in [5.74, 6) is 0.588. The molecule has 2 N–H and O–H groups in total. The molecular weight excluding hydrogens is 384 g/mol. The molecule has 2 amide bonds. The van der Waals surface area contributed by atoms with E-state index in [1.807, 2.05) is 54.6 Å². The average Bonchev–Trinajstić information content (AvgIpc) is 2.75. The van der Waals surface area contributed by atoms with Crippen LogP contribution in [-0.4, -0.2) is 17.1 Å². The predicted molar refractivity (Wildman–Crippen MR) is 115 cm³/mol. The lowest BCUT2D eigenvalue weighted by atomic mass is 10.1. The quantitative estimate of drug-likeness (QED) is 0.616. The normalized spacial score (nSPS) is 16.3. The molecule has 2 atom stereocenters. The van der Waals surface area contributed by atoms with Gasteiger partial charge in [0.05, 0.1) is 16.9 Å². The molecule has 2 unspecified atom stereocenters. The molecule has 146 valence electrons. The zero-order valence-corrected chi connectivity index (χ0v) is 16.6. The van der Waals surface area contributed by atoms with Gasteiger partial charge < -0.3 is 15.4 Å². The summed E-state index contributed by atoms with van der Waals surface area (Å²) in [6.45, 7) is 1.77. The molecule has 0 aromatic heterocycles. The molecule has 0 radical (unpaired) electrons. The molecular formula is C23H20N2O3S. The van der Waals surface area contributed by atoms with Crippen molar-refractivity contribution in [1.29, 1.82) is 0 Å². The fourth-order valence-corrected chi connectivity index (χ4v) is 4.19. The van der Waals surface area contributed by atoms with Crippen LogP contribution in [0.2, 0.25) is 0 Å². The van der Waals surface area contributed by atoms with Crippen LogP contribution in [0.25, 0.3) is 0 Å². The van der Waals surface area contributed by atoms with E-state index in [-0.39, 0.29) is 11.8 Å². The van der Waals surface area contributed by atoms with Crippen molar-refractivity contribution in [1.82, 2.24) is 0 Å². The van der Waals surface area contributed by atoms with Crippen molar-refractivity contribution < 1.29 is 14.3 Å². The Balaban J connectivity index is 1.39. The fraction of sp³-hybridized carbons (Fsp3) is 0.130. The smallest absolute Gasteiger partial charge is 0.238 e. The maximum atomic E-state index is 12.7. The predicted octanol–water partition coefficient (Wildman–Crippen LogP) is 5.17. The highest BCUT2D eigenvalue weighted by molar-refractivity contribution is 8.01. The van der Waals surface area contributed by atoms with Crippen LogP contribution in [-0.2, 0) is 9.59 Å². The monoisotopic (exact) mass is 404 g/mol. The number of rotatable bonds is 5. The van der Waals surface area contributed by atoms with Gasteiger partial charge in [0.1, 0.15) is 11.5 Å². The second-order valence-electron chi connectivity index (χ2n) is 6.74. The third-order valence-electron chi connectivity index (χ3n) is 4.63. The Morgan fingerprint density at radius 2 is 1.62 bits per heavy atom.